The monoisotopic (exact) mass is 394 g/mol. The second-order valence-corrected chi connectivity index (χ2v) is 6.77. The van der Waals surface area contributed by atoms with Gasteiger partial charge in [-0.05, 0) is 35.0 Å². The first kappa shape index (κ1) is 15.8. The van der Waals surface area contributed by atoms with E-state index in [2.05, 4.69) is 27.1 Å². The van der Waals surface area contributed by atoms with E-state index in [0.29, 0.717) is 5.90 Å². The van der Waals surface area contributed by atoms with Crippen LogP contribution in [-0.2, 0) is 9.53 Å². The van der Waals surface area contributed by atoms with E-state index in [0.717, 1.165) is 26.4 Å². The molecule has 0 radical (unpaired) electrons. The number of rotatable bonds is 2. The lowest BCUT2D eigenvalue weighted by Gasteiger charge is -2.19. The highest BCUT2D eigenvalue weighted by molar-refractivity contribution is 9.10. The minimum Gasteiger partial charge on any atom is -0.446 e. The van der Waals surface area contributed by atoms with Gasteiger partial charge in [-0.2, -0.15) is 5.01 Å². The van der Waals surface area contributed by atoms with Gasteiger partial charge in [-0.3, -0.25) is 4.79 Å². The molecule has 1 amide bonds. The van der Waals surface area contributed by atoms with Crippen molar-refractivity contribution in [3.63, 3.8) is 0 Å². The van der Waals surface area contributed by atoms with Gasteiger partial charge in [0.05, 0.1) is 0 Å². The lowest BCUT2D eigenvalue weighted by Crippen LogP contribution is -2.25. The third-order valence-corrected chi connectivity index (χ3v) is 4.59. The number of benzene rings is 3. The second kappa shape index (κ2) is 6.33. The van der Waals surface area contributed by atoms with Crippen molar-refractivity contribution in [3.05, 3.63) is 82.3 Å². The molecular weight excluding hydrogens is 380 g/mol. The van der Waals surface area contributed by atoms with E-state index in [1.165, 1.54) is 11.9 Å². The van der Waals surface area contributed by atoms with Crippen molar-refractivity contribution in [3.8, 4) is 0 Å². The molecule has 0 saturated carbocycles. The van der Waals surface area contributed by atoms with Gasteiger partial charge in [0.25, 0.3) is 0 Å². The number of carbonyl (C=O) groups excluding carboxylic acids is 1. The van der Waals surface area contributed by atoms with E-state index in [-0.39, 0.29) is 5.91 Å². The number of carbonyl (C=O) groups is 1. The summed E-state index contributed by atoms with van der Waals surface area (Å²) in [6.45, 7) is 1.49. The van der Waals surface area contributed by atoms with E-state index in [9.17, 15) is 4.79 Å². The highest BCUT2D eigenvalue weighted by atomic mass is 79.9. The van der Waals surface area contributed by atoms with Crippen molar-refractivity contribution in [2.45, 2.75) is 13.2 Å². The third-order valence-electron chi connectivity index (χ3n) is 4.10. The minimum absolute atomic E-state index is 0.164. The topological polar surface area (TPSA) is 41.9 Å². The number of hydrogen-bond donors (Lipinski definition) is 0. The second-order valence-electron chi connectivity index (χ2n) is 5.86. The minimum atomic E-state index is -0.559. The van der Waals surface area contributed by atoms with Crippen molar-refractivity contribution in [1.82, 2.24) is 5.01 Å². The number of nitrogens with zero attached hydrogens (tertiary/aromatic N) is 2. The maximum Gasteiger partial charge on any atom is 0.243 e. The maximum absolute atomic E-state index is 12.1. The molecule has 0 bridgehead atoms. The average Bonchev–Trinajstić information content (AvgIpc) is 3.07. The average molecular weight is 395 g/mol. The first-order valence-corrected chi connectivity index (χ1v) is 8.71. The zero-order valence-corrected chi connectivity index (χ0v) is 15.1. The molecule has 1 heterocycles. The summed E-state index contributed by atoms with van der Waals surface area (Å²) < 4.78 is 6.98. The molecule has 0 fully saturated rings. The molecule has 0 saturated heterocycles. The smallest absolute Gasteiger partial charge is 0.243 e. The number of halogens is 1. The molecule has 0 unspecified atom stereocenters. The molecule has 0 aromatic heterocycles. The maximum atomic E-state index is 12.1. The summed E-state index contributed by atoms with van der Waals surface area (Å²) in [6.07, 6.45) is -0.559. The Morgan fingerprint density at radius 2 is 1.84 bits per heavy atom. The Morgan fingerprint density at radius 3 is 2.60 bits per heavy atom. The molecule has 3 aromatic rings. The number of hydrogen-bond acceptors (Lipinski definition) is 3. The molecule has 1 aliphatic rings. The molecule has 4 nitrogen and oxygen atoms in total. The van der Waals surface area contributed by atoms with Gasteiger partial charge < -0.3 is 4.74 Å². The number of ether oxygens (including phenoxy) is 1. The van der Waals surface area contributed by atoms with Gasteiger partial charge in [0.1, 0.15) is 0 Å². The zero-order chi connectivity index (χ0) is 17.4. The Morgan fingerprint density at radius 1 is 1.04 bits per heavy atom. The van der Waals surface area contributed by atoms with E-state index >= 15 is 0 Å². The summed E-state index contributed by atoms with van der Waals surface area (Å²) in [5.41, 5.74) is 1.71. The Labute approximate surface area is 153 Å². The van der Waals surface area contributed by atoms with Crippen molar-refractivity contribution in [2.75, 3.05) is 0 Å². The standard InChI is InChI=1S/C20H15BrN2O2/c1-13(24)23-20(17-10-9-14-5-2-3-6-15(14)11-17)25-19(22-23)16-7-4-8-18(21)12-16/h2-12,20H,1H3/t20-/m0/s1. The Bertz CT molecular complexity index is 1000. The molecular formula is C20H15BrN2O2. The van der Waals surface area contributed by atoms with Crippen LogP contribution in [0.25, 0.3) is 10.8 Å². The fraction of sp³-hybridized carbons (Fsp3) is 0.100. The van der Waals surface area contributed by atoms with E-state index < -0.39 is 6.23 Å². The normalized spacial score (nSPS) is 16.6. The van der Waals surface area contributed by atoms with Crippen LogP contribution < -0.4 is 0 Å². The summed E-state index contributed by atoms with van der Waals surface area (Å²) in [7, 11) is 0. The Hall–Kier alpha value is -2.66. The summed E-state index contributed by atoms with van der Waals surface area (Å²) in [5.74, 6) is 0.276. The van der Waals surface area contributed by atoms with Gasteiger partial charge in [-0.25, -0.2) is 0 Å². The van der Waals surface area contributed by atoms with Gasteiger partial charge in [0.2, 0.25) is 18.0 Å². The van der Waals surface area contributed by atoms with Crippen LogP contribution in [-0.4, -0.2) is 16.8 Å². The number of fused-ring (bicyclic) bond motifs is 1. The predicted molar refractivity (Wildman–Crippen MR) is 101 cm³/mol. The Kier molecular flexibility index (Phi) is 4.01. The molecule has 25 heavy (non-hydrogen) atoms. The molecule has 124 valence electrons. The van der Waals surface area contributed by atoms with E-state index in [1.54, 1.807) is 0 Å². The van der Waals surface area contributed by atoms with Gasteiger partial charge in [0, 0.05) is 22.5 Å². The lowest BCUT2D eigenvalue weighted by molar-refractivity contribution is -0.135. The number of amides is 1. The first-order chi connectivity index (χ1) is 12.1. The van der Waals surface area contributed by atoms with E-state index in [1.807, 2.05) is 60.7 Å². The fourth-order valence-corrected chi connectivity index (χ4v) is 3.28. The Balaban J connectivity index is 1.72. The van der Waals surface area contributed by atoms with Gasteiger partial charge in [-0.1, -0.05) is 58.4 Å². The quantitative estimate of drug-likeness (QED) is 0.623. The lowest BCUT2D eigenvalue weighted by atomic mass is 10.1. The molecule has 5 heteroatoms. The van der Waals surface area contributed by atoms with Crippen LogP contribution in [0.1, 0.15) is 24.3 Å². The molecule has 1 aliphatic heterocycles. The van der Waals surface area contributed by atoms with Crippen LogP contribution in [0, 0.1) is 0 Å². The fourth-order valence-electron chi connectivity index (χ4n) is 2.88. The van der Waals surface area contributed by atoms with Crippen LogP contribution in [0.2, 0.25) is 0 Å². The molecule has 0 spiro atoms. The summed E-state index contributed by atoms with van der Waals surface area (Å²) in [4.78, 5) is 12.1. The van der Waals surface area contributed by atoms with Gasteiger partial charge in [-0.15, -0.1) is 5.10 Å². The number of hydrazone groups is 1. The van der Waals surface area contributed by atoms with Crippen LogP contribution in [0.5, 0.6) is 0 Å². The summed E-state index contributed by atoms with van der Waals surface area (Å²) >= 11 is 3.45. The van der Waals surface area contributed by atoms with Crippen LogP contribution in [0.4, 0.5) is 0 Å². The molecule has 1 atom stereocenters. The summed E-state index contributed by atoms with van der Waals surface area (Å²) in [6, 6.07) is 21.8. The van der Waals surface area contributed by atoms with Crippen molar-refractivity contribution in [2.24, 2.45) is 5.10 Å². The molecule has 4 rings (SSSR count). The van der Waals surface area contributed by atoms with Crippen LogP contribution >= 0.6 is 15.9 Å². The van der Waals surface area contributed by atoms with Crippen LogP contribution in [0.15, 0.2) is 76.3 Å². The van der Waals surface area contributed by atoms with Crippen LogP contribution in [0.3, 0.4) is 0 Å². The summed E-state index contributed by atoms with van der Waals surface area (Å²) in [5, 5.41) is 8.03. The van der Waals surface area contributed by atoms with Crippen molar-refractivity contribution in [1.29, 1.82) is 0 Å². The molecule has 0 aliphatic carbocycles. The van der Waals surface area contributed by atoms with Gasteiger partial charge in [0.15, 0.2) is 0 Å². The molecule has 0 N–H and O–H groups in total. The predicted octanol–water partition coefficient (Wildman–Crippen LogP) is 4.84. The first-order valence-electron chi connectivity index (χ1n) is 7.91. The highest BCUT2D eigenvalue weighted by Gasteiger charge is 2.33. The van der Waals surface area contributed by atoms with Crippen molar-refractivity contribution < 1.29 is 9.53 Å². The van der Waals surface area contributed by atoms with Crippen molar-refractivity contribution >= 4 is 38.5 Å². The highest BCUT2D eigenvalue weighted by Crippen LogP contribution is 2.32. The van der Waals surface area contributed by atoms with Gasteiger partial charge >= 0.3 is 0 Å². The third kappa shape index (κ3) is 3.03. The largest absolute Gasteiger partial charge is 0.446 e. The zero-order valence-electron chi connectivity index (χ0n) is 13.5. The molecule has 3 aromatic carbocycles. The van der Waals surface area contributed by atoms with E-state index in [4.69, 9.17) is 4.74 Å². The SMILES string of the molecule is CC(=O)N1N=C(c2cccc(Br)c2)O[C@H]1c1ccc2ccccc2c1.